The van der Waals surface area contributed by atoms with Gasteiger partial charge in [0.05, 0.1) is 7.11 Å². The molecule has 86 valence electrons. The Hall–Kier alpha value is -0.940. The van der Waals surface area contributed by atoms with Gasteiger partial charge in [-0.05, 0) is 13.8 Å². The van der Waals surface area contributed by atoms with Crippen LogP contribution in [0.3, 0.4) is 0 Å². The summed E-state index contributed by atoms with van der Waals surface area (Å²) in [7, 11) is 1.27. The van der Waals surface area contributed by atoms with Crippen LogP contribution in [0.2, 0.25) is 0 Å². The Morgan fingerprint density at radius 1 is 1.53 bits per heavy atom. The molecule has 0 aromatic rings. The molecule has 1 aliphatic heterocycles. The summed E-state index contributed by atoms with van der Waals surface area (Å²) in [6, 6.07) is 0. The minimum Gasteiger partial charge on any atom is -0.467 e. The van der Waals surface area contributed by atoms with Gasteiger partial charge in [0.25, 0.3) is 0 Å². The largest absolute Gasteiger partial charge is 0.467 e. The molecule has 1 rings (SSSR count). The second kappa shape index (κ2) is 4.72. The molecule has 0 bridgehead atoms. The van der Waals surface area contributed by atoms with Gasteiger partial charge in [0.2, 0.25) is 0 Å². The number of ether oxygens (including phenoxy) is 3. The van der Waals surface area contributed by atoms with Crippen molar-refractivity contribution in [2.45, 2.75) is 31.8 Å². The first kappa shape index (κ1) is 12.1. The van der Waals surface area contributed by atoms with Crippen molar-refractivity contribution in [2.24, 2.45) is 0 Å². The van der Waals surface area contributed by atoms with E-state index in [1.54, 1.807) is 13.8 Å². The van der Waals surface area contributed by atoms with E-state index in [9.17, 15) is 9.18 Å². The van der Waals surface area contributed by atoms with Crippen LogP contribution in [0.4, 0.5) is 4.39 Å². The molecule has 0 spiro atoms. The molecule has 0 aliphatic carbocycles. The molecule has 0 aromatic carbocycles. The molecule has 5 heteroatoms. The van der Waals surface area contributed by atoms with Gasteiger partial charge in [-0.2, -0.15) is 0 Å². The molecule has 0 aromatic heterocycles. The molecule has 0 saturated carbocycles. The lowest BCUT2D eigenvalue weighted by Crippen LogP contribution is -2.31. The standard InChI is InChI=1S/C10H15FO4/c1-10(2)14-7(5-4-6-11)8(15-10)9(12)13-3/h4-5,7-8H,6H2,1-3H3/b5-4+/t7-,8+/m1/s1. The molecule has 1 fully saturated rings. The first-order valence-electron chi connectivity index (χ1n) is 4.66. The monoisotopic (exact) mass is 218 g/mol. The third-order valence-corrected chi connectivity index (χ3v) is 1.98. The second-order valence-electron chi connectivity index (χ2n) is 3.63. The van der Waals surface area contributed by atoms with Gasteiger partial charge in [-0.1, -0.05) is 12.2 Å². The third-order valence-electron chi connectivity index (χ3n) is 1.98. The molecule has 0 amide bonds. The van der Waals surface area contributed by atoms with Gasteiger partial charge < -0.3 is 14.2 Å². The van der Waals surface area contributed by atoms with Gasteiger partial charge in [-0.3, -0.25) is 0 Å². The Labute approximate surface area is 88.0 Å². The summed E-state index contributed by atoms with van der Waals surface area (Å²) in [4.78, 5) is 11.3. The first-order valence-corrected chi connectivity index (χ1v) is 4.66. The van der Waals surface area contributed by atoms with Crippen LogP contribution < -0.4 is 0 Å². The predicted octanol–water partition coefficient (Wildman–Crippen LogP) is 1.21. The van der Waals surface area contributed by atoms with Crippen molar-refractivity contribution in [2.75, 3.05) is 13.8 Å². The molecule has 1 saturated heterocycles. The highest BCUT2D eigenvalue weighted by atomic mass is 19.1. The number of hydrogen-bond acceptors (Lipinski definition) is 4. The van der Waals surface area contributed by atoms with Crippen LogP contribution in [0.25, 0.3) is 0 Å². The molecule has 2 atom stereocenters. The highest BCUT2D eigenvalue weighted by Crippen LogP contribution is 2.29. The van der Waals surface area contributed by atoms with Crippen molar-refractivity contribution in [1.29, 1.82) is 0 Å². The van der Waals surface area contributed by atoms with Crippen LogP contribution in [0.1, 0.15) is 13.8 Å². The van der Waals surface area contributed by atoms with Crippen LogP contribution in [0.15, 0.2) is 12.2 Å². The van der Waals surface area contributed by atoms with Gasteiger partial charge in [0.1, 0.15) is 12.8 Å². The minimum atomic E-state index is -0.857. The van der Waals surface area contributed by atoms with E-state index >= 15 is 0 Å². The number of alkyl halides is 1. The Morgan fingerprint density at radius 3 is 2.73 bits per heavy atom. The zero-order chi connectivity index (χ0) is 11.5. The molecule has 0 radical (unpaired) electrons. The lowest BCUT2D eigenvalue weighted by molar-refractivity contribution is -0.167. The summed E-state index contributed by atoms with van der Waals surface area (Å²) in [5.41, 5.74) is 0. The van der Waals surface area contributed by atoms with E-state index in [0.29, 0.717) is 0 Å². The molecular formula is C10H15FO4. The Bertz CT molecular complexity index is 262. The Kier molecular flexibility index (Phi) is 3.82. The van der Waals surface area contributed by atoms with E-state index in [2.05, 4.69) is 4.74 Å². The number of methoxy groups -OCH3 is 1. The molecule has 1 heterocycles. The van der Waals surface area contributed by atoms with Crippen molar-refractivity contribution in [1.82, 2.24) is 0 Å². The predicted molar refractivity (Wildman–Crippen MR) is 51.0 cm³/mol. The van der Waals surface area contributed by atoms with Crippen LogP contribution >= 0.6 is 0 Å². The minimum absolute atomic E-state index is 0.519. The molecule has 0 N–H and O–H groups in total. The summed E-state index contributed by atoms with van der Waals surface area (Å²) in [6.45, 7) is 2.77. The van der Waals surface area contributed by atoms with Crippen molar-refractivity contribution < 1.29 is 23.4 Å². The molecule has 15 heavy (non-hydrogen) atoms. The van der Waals surface area contributed by atoms with Crippen molar-refractivity contribution in [3.8, 4) is 0 Å². The van der Waals surface area contributed by atoms with E-state index in [4.69, 9.17) is 9.47 Å². The third kappa shape index (κ3) is 3.00. The van der Waals surface area contributed by atoms with E-state index in [1.165, 1.54) is 19.3 Å². The summed E-state index contributed by atoms with van der Waals surface area (Å²) in [5, 5.41) is 0. The van der Waals surface area contributed by atoms with E-state index in [-0.39, 0.29) is 0 Å². The summed E-state index contributed by atoms with van der Waals surface area (Å²) >= 11 is 0. The fourth-order valence-corrected chi connectivity index (χ4v) is 1.41. The number of carbonyl (C=O) groups excluding carboxylic acids is 1. The number of rotatable bonds is 3. The van der Waals surface area contributed by atoms with Gasteiger partial charge in [0.15, 0.2) is 11.9 Å². The molecule has 1 aliphatic rings. The summed E-state index contributed by atoms with van der Waals surface area (Å²) in [5.74, 6) is -1.38. The summed E-state index contributed by atoms with van der Waals surface area (Å²) in [6.07, 6.45) is 1.33. The number of esters is 1. The summed E-state index contributed by atoms with van der Waals surface area (Å²) < 4.78 is 27.3. The molecule has 0 unspecified atom stereocenters. The van der Waals surface area contributed by atoms with E-state index < -0.39 is 30.6 Å². The van der Waals surface area contributed by atoms with Gasteiger partial charge in [0, 0.05) is 0 Å². The van der Waals surface area contributed by atoms with Crippen LogP contribution in [0, 0.1) is 0 Å². The smallest absolute Gasteiger partial charge is 0.338 e. The molecule has 4 nitrogen and oxygen atoms in total. The fourth-order valence-electron chi connectivity index (χ4n) is 1.41. The normalized spacial score (nSPS) is 29.6. The zero-order valence-electron chi connectivity index (χ0n) is 9.03. The Balaban J connectivity index is 2.74. The van der Waals surface area contributed by atoms with Crippen molar-refractivity contribution >= 4 is 5.97 Å². The maximum Gasteiger partial charge on any atom is 0.338 e. The van der Waals surface area contributed by atoms with E-state index in [1.807, 2.05) is 0 Å². The van der Waals surface area contributed by atoms with Gasteiger partial charge in [-0.25, -0.2) is 9.18 Å². The highest BCUT2D eigenvalue weighted by Gasteiger charge is 2.44. The van der Waals surface area contributed by atoms with Crippen LogP contribution in [-0.2, 0) is 19.0 Å². The van der Waals surface area contributed by atoms with Crippen LogP contribution in [-0.4, -0.2) is 37.7 Å². The van der Waals surface area contributed by atoms with Gasteiger partial charge in [-0.15, -0.1) is 0 Å². The van der Waals surface area contributed by atoms with Gasteiger partial charge >= 0.3 is 5.97 Å². The Morgan fingerprint density at radius 2 is 2.20 bits per heavy atom. The number of halogens is 1. The topological polar surface area (TPSA) is 44.8 Å². The van der Waals surface area contributed by atoms with E-state index in [0.717, 1.165) is 0 Å². The first-order chi connectivity index (χ1) is 7.00. The number of allylic oxidation sites excluding steroid dienone is 1. The van der Waals surface area contributed by atoms with Crippen molar-refractivity contribution in [3.63, 3.8) is 0 Å². The number of hydrogen-bond donors (Lipinski definition) is 0. The maximum atomic E-state index is 11.9. The average Bonchev–Trinajstić information content (AvgIpc) is 2.49. The second-order valence-corrected chi connectivity index (χ2v) is 3.63. The lowest BCUT2D eigenvalue weighted by atomic mass is 10.2. The SMILES string of the molecule is COC(=O)[C@H]1OC(C)(C)O[C@@H]1/C=C/CF. The zero-order valence-corrected chi connectivity index (χ0v) is 9.03. The fraction of sp³-hybridized carbons (Fsp3) is 0.700. The number of carbonyl (C=O) groups is 1. The van der Waals surface area contributed by atoms with Crippen LogP contribution in [0.5, 0.6) is 0 Å². The maximum absolute atomic E-state index is 11.9. The average molecular weight is 218 g/mol. The lowest BCUT2D eigenvalue weighted by Gasteiger charge is -2.15. The van der Waals surface area contributed by atoms with Crippen molar-refractivity contribution in [3.05, 3.63) is 12.2 Å². The highest BCUT2D eigenvalue weighted by molar-refractivity contribution is 5.76. The quantitative estimate of drug-likeness (QED) is 0.527. The molecular weight excluding hydrogens is 203 g/mol.